The molecule has 2 aromatic rings. The molecule has 0 bridgehead atoms. The first kappa shape index (κ1) is 16.4. The summed E-state index contributed by atoms with van der Waals surface area (Å²) < 4.78 is 5.17. The lowest BCUT2D eigenvalue weighted by Crippen LogP contribution is -2.19. The van der Waals surface area contributed by atoms with Crippen LogP contribution in [0.1, 0.15) is 17.2 Å². The fraction of sp³-hybridized carbons (Fsp3) is 0.250. The largest absolute Gasteiger partial charge is 0.497 e. The predicted molar refractivity (Wildman–Crippen MR) is 90.0 cm³/mol. The van der Waals surface area contributed by atoms with E-state index in [-0.39, 0.29) is 6.04 Å². The molecule has 0 spiro atoms. The van der Waals surface area contributed by atoms with Crippen LogP contribution in [0, 0.1) is 0 Å². The number of hydrogen-bond acceptors (Lipinski definition) is 2. The molecule has 2 rings (SSSR count). The molecule has 2 nitrogen and oxygen atoms in total. The molecule has 0 aliphatic rings. The summed E-state index contributed by atoms with van der Waals surface area (Å²) in [6.07, 6.45) is 0.763. The Bertz CT molecular complexity index is 631. The van der Waals surface area contributed by atoms with Gasteiger partial charge in [0.15, 0.2) is 0 Å². The summed E-state index contributed by atoms with van der Waals surface area (Å²) in [5, 5.41) is 5.07. The first-order valence-electron chi connectivity index (χ1n) is 6.49. The summed E-state index contributed by atoms with van der Waals surface area (Å²) in [6.45, 7) is 0. The Morgan fingerprint density at radius 2 is 1.76 bits per heavy atom. The van der Waals surface area contributed by atoms with Gasteiger partial charge in [-0.15, -0.1) is 0 Å². The number of benzene rings is 2. The van der Waals surface area contributed by atoms with Gasteiger partial charge in [-0.25, -0.2) is 0 Å². The van der Waals surface area contributed by atoms with Crippen LogP contribution in [-0.2, 0) is 6.42 Å². The van der Waals surface area contributed by atoms with Crippen molar-refractivity contribution in [1.82, 2.24) is 5.32 Å². The molecule has 1 unspecified atom stereocenters. The third-order valence-electron chi connectivity index (χ3n) is 3.36. The van der Waals surface area contributed by atoms with E-state index in [4.69, 9.17) is 39.5 Å². The zero-order valence-corrected chi connectivity index (χ0v) is 14.1. The summed E-state index contributed by atoms with van der Waals surface area (Å²) in [5.41, 5.74) is 2.11. The molecule has 0 radical (unpaired) electrons. The van der Waals surface area contributed by atoms with Gasteiger partial charge in [-0.05, 0) is 48.9 Å². The van der Waals surface area contributed by atoms with Gasteiger partial charge in [-0.1, -0.05) is 46.9 Å². The van der Waals surface area contributed by atoms with Crippen LogP contribution in [0.25, 0.3) is 0 Å². The number of ether oxygens (including phenoxy) is 1. The van der Waals surface area contributed by atoms with Crippen LogP contribution in [0.5, 0.6) is 5.75 Å². The quantitative estimate of drug-likeness (QED) is 0.809. The average Bonchev–Trinajstić information content (AvgIpc) is 2.48. The number of methoxy groups -OCH3 is 1. The van der Waals surface area contributed by atoms with Crippen LogP contribution in [0.15, 0.2) is 36.4 Å². The van der Waals surface area contributed by atoms with Crippen molar-refractivity contribution in [3.05, 3.63) is 62.6 Å². The van der Waals surface area contributed by atoms with E-state index in [9.17, 15) is 0 Å². The fourth-order valence-corrected chi connectivity index (χ4v) is 2.81. The molecule has 0 aliphatic heterocycles. The second kappa shape index (κ2) is 7.37. The zero-order chi connectivity index (χ0) is 15.4. The Balaban J connectivity index is 2.25. The predicted octanol–water partition coefficient (Wildman–Crippen LogP) is 5.16. The lowest BCUT2D eigenvalue weighted by molar-refractivity contribution is 0.414. The van der Waals surface area contributed by atoms with Crippen LogP contribution < -0.4 is 10.1 Å². The van der Waals surface area contributed by atoms with Gasteiger partial charge in [0.05, 0.1) is 17.2 Å². The molecule has 2 aromatic carbocycles. The van der Waals surface area contributed by atoms with Crippen LogP contribution in [-0.4, -0.2) is 14.2 Å². The van der Waals surface area contributed by atoms with Crippen molar-refractivity contribution < 1.29 is 4.74 Å². The van der Waals surface area contributed by atoms with Gasteiger partial charge in [0.1, 0.15) is 5.75 Å². The summed E-state index contributed by atoms with van der Waals surface area (Å²) in [4.78, 5) is 0. The summed E-state index contributed by atoms with van der Waals surface area (Å²) >= 11 is 18.3. The molecule has 21 heavy (non-hydrogen) atoms. The molecule has 0 saturated carbocycles. The monoisotopic (exact) mass is 343 g/mol. The van der Waals surface area contributed by atoms with Crippen molar-refractivity contribution in [2.45, 2.75) is 12.5 Å². The topological polar surface area (TPSA) is 21.3 Å². The van der Waals surface area contributed by atoms with Gasteiger partial charge in [-0.2, -0.15) is 0 Å². The maximum absolute atomic E-state index is 6.34. The second-order valence-electron chi connectivity index (χ2n) is 4.68. The Kier molecular flexibility index (Phi) is 5.77. The maximum Gasteiger partial charge on any atom is 0.120 e. The first-order chi connectivity index (χ1) is 10.0. The van der Waals surface area contributed by atoms with E-state index in [1.807, 2.05) is 43.4 Å². The van der Waals surface area contributed by atoms with Crippen molar-refractivity contribution in [1.29, 1.82) is 0 Å². The normalized spacial score (nSPS) is 12.2. The van der Waals surface area contributed by atoms with Gasteiger partial charge < -0.3 is 10.1 Å². The average molecular weight is 345 g/mol. The molecule has 0 heterocycles. The summed E-state index contributed by atoms with van der Waals surface area (Å²) in [7, 11) is 3.53. The Hall–Kier alpha value is -0.930. The number of likely N-dealkylation sites (N-methyl/N-ethyl adjacent to an activating group) is 1. The van der Waals surface area contributed by atoms with Crippen molar-refractivity contribution in [3.8, 4) is 5.75 Å². The fourth-order valence-electron chi connectivity index (χ4n) is 2.19. The molecule has 0 aliphatic carbocycles. The van der Waals surface area contributed by atoms with Crippen LogP contribution in [0.3, 0.4) is 0 Å². The molecule has 0 aromatic heterocycles. The second-order valence-corrected chi connectivity index (χ2v) is 5.90. The minimum atomic E-state index is 0.0839. The number of nitrogens with one attached hydrogen (secondary N) is 1. The van der Waals surface area contributed by atoms with E-state index in [0.29, 0.717) is 15.1 Å². The third-order valence-corrected chi connectivity index (χ3v) is 4.42. The highest BCUT2D eigenvalue weighted by Gasteiger charge is 2.15. The minimum absolute atomic E-state index is 0.0839. The van der Waals surface area contributed by atoms with Crippen LogP contribution >= 0.6 is 34.8 Å². The standard InChI is InChI=1S/C16H16Cl3NO/c1-20-16(8-10-3-6-13(17)15(19)7-10)12-5-4-11(21-2)9-14(12)18/h3-7,9,16,20H,8H2,1-2H3. The zero-order valence-electron chi connectivity index (χ0n) is 11.8. The molecule has 0 amide bonds. The van der Waals surface area contributed by atoms with E-state index in [1.165, 1.54) is 0 Å². The van der Waals surface area contributed by atoms with Crippen LogP contribution in [0.2, 0.25) is 15.1 Å². The third kappa shape index (κ3) is 4.04. The van der Waals surface area contributed by atoms with Gasteiger partial charge in [-0.3, -0.25) is 0 Å². The molecule has 0 fully saturated rings. The highest BCUT2D eigenvalue weighted by atomic mass is 35.5. The molecule has 1 atom stereocenters. The van der Waals surface area contributed by atoms with E-state index < -0.39 is 0 Å². The lowest BCUT2D eigenvalue weighted by Gasteiger charge is -2.19. The summed E-state index contributed by atoms with van der Waals surface area (Å²) in [6, 6.07) is 11.4. The highest BCUT2D eigenvalue weighted by Crippen LogP contribution is 2.30. The molecular formula is C16H16Cl3NO. The number of halogens is 3. The van der Waals surface area contributed by atoms with Gasteiger partial charge >= 0.3 is 0 Å². The van der Waals surface area contributed by atoms with E-state index >= 15 is 0 Å². The number of rotatable bonds is 5. The molecule has 1 N–H and O–H groups in total. The van der Waals surface area contributed by atoms with Gasteiger partial charge in [0, 0.05) is 11.1 Å². The molecular weight excluding hydrogens is 329 g/mol. The van der Waals surface area contributed by atoms with Crippen molar-refractivity contribution in [2.24, 2.45) is 0 Å². The minimum Gasteiger partial charge on any atom is -0.497 e. The SMILES string of the molecule is CNC(Cc1ccc(Cl)c(Cl)c1)c1ccc(OC)cc1Cl. The Morgan fingerprint density at radius 3 is 2.33 bits per heavy atom. The van der Waals surface area contributed by atoms with Crippen LogP contribution in [0.4, 0.5) is 0 Å². The van der Waals surface area contributed by atoms with E-state index in [0.717, 1.165) is 23.3 Å². The van der Waals surface area contributed by atoms with E-state index in [1.54, 1.807) is 7.11 Å². The Morgan fingerprint density at radius 1 is 1.00 bits per heavy atom. The smallest absolute Gasteiger partial charge is 0.120 e. The summed E-state index contributed by atoms with van der Waals surface area (Å²) in [5.74, 6) is 0.744. The maximum atomic E-state index is 6.34. The Labute approximate surface area is 140 Å². The van der Waals surface area contributed by atoms with Gasteiger partial charge in [0.25, 0.3) is 0 Å². The molecule has 5 heteroatoms. The molecule has 0 saturated heterocycles. The van der Waals surface area contributed by atoms with Crippen molar-refractivity contribution in [3.63, 3.8) is 0 Å². The van der Waals surface area contributed by atoms with Crippen molar-refractivity contribution >= 4 is 34.8 Å². The van der Waals surface area contributed by atoms with Gasteiger partial charge in [0.2, 0.25) is 0 Å². The van der Waals surface area contributed by atoms with Crippen molar-refractivity contribution in [2.75, 3.05) is 14.2 Å². The lowest BCUT2D eigenvalue weighted by atomic mass is 9.99. The molecule has 112 valence electrons. The highest BCUT2D eigenvalue weighted by molar-refractivity contribution is 6.42. The number of hydrogen-bond donors (Lipinski definition) is 1. The first-order valence-corrected chi connectivity index (χ1v) is 7.63. The van der Waals surface area contributed by atoms with E-state index in [2.05, 4.69) is 5.32 Å².